The van der Waals surface area contributed by atoms with E-state index in [0.717, 1.165) is 33.8 Å². The molecule has 0 N–H and O–H groups in total. The van der Waals surface area contributed by atoms with Gasteiger partial charge in [-0.1, -0.05) is 133 Å². The summed E-state index contributed by atoms with van der Waals surface area (Å²) in [6.07, 6.45) is 0. The fraction of sp³-hybridized carbons (Fsp3) is 0. The van der Waals surface area contributed by atoms with Crippen molar-refractivity contribution >= 4 is 43.1 Å². The van der Waals surface area contributed by atoms with Crippen molar-refractivity contribution in [2.24, 2.45) is 0 Å². The van der Waals surface area contributed by atoms with Gasteiger partial charge in [-0.2, -0.15) is 0 Å². The van der Waals surface area contributed by atoms with Crippen LogP contribution in [0.15, 0.2) is 176 Å². The molecule has 228 valence electrons. The molecule has 49 heavy (non-hydrogen) atoms. The molecule has 9 aromatic carbocycles. The smallest absolute Gasteiger partial charge is 0.169 e. The van der Waals surface area contributed by atoms with Gasteiger partial charge in [0.15, 0.2) is 11.6 Å². The van der Waals surface area contributed by atoms with Gasteiger partial charge >= 0.3 is 0 Å². The molecule has 0 radical (unpaired) electrons. The number of aromatic nitrogens is 3. The SMILES string of the molecule is c1ccc(-c2cc3ccc4cc(-c5ccc(-c6nnc(-c7ccccc7)n6-c6ccccc6)c6ccccc56)cc5ccc(c2)c3c45)cc1. The Morgan fingerprint density at radius 2 is 0.776 bits per heavy atom. The van der Waals surface area contributed by atoms with Gasteiger partial charge in [0.25, 0.3) is 0 Å². The lowest BCUT2D eigenvalue weighted by molar-refractivity contribution is 1.07. The summed E-state index contributed by atoms with van der Waals surface area (Å²) in [5, 5.41) is 19.6. The highest BCUT2D eigenvalue weighted by atomic mass is 15.3. The highest BCUT2D eigenvalue weighted by Gasteiger charge is 2.20. The highest BCUT2D eigenvalue weighted by Crippen LogP contribution is 2.42. The van der Waals surface area contributed by atoms with Crippen LogP contribution in [0, 0.1) is 0 Å². The van der Waals surface area contributed by atoms with Gasteiger partial charge in [0.1, 0.15) is 0 Å². The van der Waals surface area contributed by atoms with Gasteiger partial charge in [0.05, 0.1) is 0 Å². The molecule has 3 heteroatoms. The van der Waals surface area contributed by atoms with E-state index in [4.69, 9.17) is 10.2 Å². The number of fused-ring (bicyclic) bond motifs is 1. The molecule has 10 rings (SSSR count). The molecular weight excluding hydrogens is 595 g/mol. The van der Waals surface area contributed by atoms with Crippen LogP contribution in [0.1, 0.15) is 0 Å². The first kappa shape index (κ1) is 27.5. The first-order chi connectivity index (χ1) is 24.3. The average Bonchev–Trinajstić information content (AvgIpc) is 3.62. The third-order valence-electron chi connectivity index (χ3n) is 9.83. The molecule has 0 aliphatic carbocycles. The molecular formula is C46H29N3. The molecule has 0 amide bonds. The van der Waals surface area contributed by atoms with Crippen molar-refractivity contribution in [3.05, 3.63) is 176 Å². The minimum absolute atomic E-state index is 0.817. The van der Waals surface area contributed by atoms with E-state index in [-0.39, 0.29) is 0 Å². The second kappa shape index (κ2) is 11.0. The van der Waals surface area contributed by atoms with Gasteiger partial charge in [-0.3, -0.25) is 4.57 Å². The van der Waals surface area contributed by atoms with E-state index in [1.807, 2.05) is 24.3 Å². The van der Waals surface area contributed by atoms with E-state index >= 15 is 0 Å². The van der Waals surface area contributed by atoms with E-state index in [1.54, 1.807) is 0 Å². The minimum atomic E-state index is 0.817. The van der Waals surface area contributed by atoms with Crippen LogP contribution >= 0.6 is 0 Å². The van der Waals surface area contributed by atoms with Gasteiger partial charge in [-0.15, -0.1) is 10.2 Å². The summed E-state index contributed by atoms with van der Waals surface area (Å²) in [5.41, 5.74) is 7.98. The average molecular weight is 624 g/mol. The van der Waals surface area contributed by atoms with Crippen molar-refractivity contribution < 1.29 is 0 Å². The van der Waals surface area contributed by atoms with Gasteiger partial charge in [-0.25, -0.2) is 0 Å². The van der Waals surface area contributed by atoms with E-state index in [2.05, 4.69) is 156 Å². The van der Waals surface area contributed by atoms with Crippen molar-refractivity contribution in [2.75, 3.05) is 0 Å². The summed E-state index contributed by atoms with van der Waals surface area (Å²) in [6, 6.07) is 62.9. The lowest BCUT2D eigenvalue weighted by Gasteiger charge is -2.16. The molecule has 0 saturated heterocycles. The molecule has 0 unspecified atom stereocenters. The Morgan fingerprint density at radius 1 is 0.327 bits per heavy atom. The highest BCUT2D eigenvalue weighted by molar-refractivity contribution is 6.25. The maximum absolute atomic E-state index is 4.82. The summed E-state index contributed by atoms with van der Waals surface area (Å²) in [7, 11) is 0. The topological polar surface area (TPSA) is 30.7 Å². The Hall–Kier alpha value is -6.58. The maximum atomic E-state index is 4.82. The molecule has 1 aromatic heterocycles. The first-order valence-electron chi connectivity index (χ1n) is 16.7. The zero-order valence-electron chi connectivity index (χ0n) is 26.6. The molecule has 3 nitrogen and oxygen atoms in total. The molecule has 0 aliphatic heterocycles. The van der Waals surface area contributed by atoms with Crippen LogP contribution < -0.4 is 0 Å². The van der Waals surface area contributed by atoms with Crippen molar-refractivity contribution in [3.63, 3.8) is 0 Å². The van der Waals surface area contributed by atoms with Gasteiger partial charge in [0, 0.05) is 16.8 Å². The summed E-state index contributed by atoms with van der Waals surface area (Å²) >= 11 is 0. The molecule has 0 aliphatic rings. The zero-order valence-corrected chi connectivity index (χ0v) is 26.6. The van der Waals surface area contributed by atoms with Crippen LogP contribution in [0.4, 0.5) is 0 Å². The molecule has 0 spiro atoms. The minimum Gasteiger partial charge on any atom is -0.275 e. The molecule has 0 atom stereocenters. The Balaban J connectivity index is 1.15. The van der Waals surface area contributed by atoms with Crippen molar-refractivity contribution in [2.45, 2.75) is 0 Å². The molecule has 0 bridgehead atoms. The first-order valence-corrected chi connectivity index (χ1v) is 16.7. The van der Waals surface area contributed by atoms with Crippen LogP contribution in [-0.2, 0) is 0 Å². The third kappa shape index (κ3) is 4.44. The number of benzene rings is 9. The summed E-state index contributed by atoms with van der Waals surface area (Å²) in [4.78, 5) is 0. The molecule has 0 fully saturated rings. The van der Waals surface area contributed by atoms with E-state index in [1.165, 1.54) is 60.0 Å². The van der Waals surface area contributed by atoms with Crippen molar-refractivity contribution in [1.29, 1.82) is 0 Å². The Morgan fingerprint density at radius 3 is 1.37 bits per heavy atom. The fourth-order valence-corrected chi connectivity index (χ4v) is 7.59. The molecule has 1 heterocycles. The van der Waals surface area contributed by atoms with E-state index in [9.17, 15) is 0 Å². The molecule has 10 aromatic rings. The third-order valence-corrected chi connectivity index (χ3v) is 9.83. The Labute approximate surface area is 283 Å². The van der Waals surface area contributed by atoms with E-state index in [0.29, 0.717) is 0 Å². The normalized spacial score (nSPS) is 11.7. The standard InChI is InChI=1S/C46H29N3/c1-4-12-30(13-5-1)36-26-32-20-22-34-28-37(29-35-23-21-33(27-36)43(32)44(34)35)39-24-25-42(41-19-11-10-18-40(39)41)46-48-47-45(31-14-6-2-7-15-31)49(46)38-16-8-3-9-17-38/h1-29H. The summed E-state index contributed by atoms with van der Waals surface area (Å²) in [6.45, 7) is 0. The van der Waals surface area contributed by atoms with E-state index < -0.39 is 0 Å². The predicted molar refractivity (Wildman–Crippen MR) is 204 cm³/mol. The van der Waals surface area contributed by atoms with Crippen molar-refractivity contribution in [3.8, 4) is 50.7 Å². The Bertz CT molecular complexity index is 2730. The summed E-state index contributed by atoms with van der Waals surface area (Å²) < 4.78 is 2.17. The van der Waals surface area contributed by atoms with Crippen molar-refractivity contribution in [1.82, 2.24) is 14.8 Å². The Kier molecular flexibility index (Phi) is 6.18. The number of hydrogen-bond acceptors (Lipinski definition) is 2. The number of para-hydroxylation sites is 1. The monoisotopic (exact) mass is 623 g/mol. The van der Waals surface area contributed by atoms with Crippen LogP contribution in [0.5, 0.6) is 0 Å². The second-order valence-corrected chi connectivity index (χ2v) is 12.7. The lowest BCUT2D eigenvalue weighted by atomic mass is 9.88. The number of hydrogen-bond donors (Lipinski definition) is 0. The number of rotatable bonds is 5. The number of nitrogens with zero attached hydrogens (tertiary/aromatic N) is 3. The maximum Gasteiger partial charge on any atom is 0.169 e. The van der Waals surface area contributed by atoms with Crippen LogP contribution in [0.3, 0.4) is 0 Å². The van der Waals surface area contributed by atoms with Crippen LogP contribution in [0.25, 0.3) is 93.8 Å². The van der Waals surface area contributed by atoms with Gasteiger partial charge in [0.2, 0.25) is 0 Å². The quantitative estimate of drug-likeness (QED) is 0.179. The summed E-state index contributed by atoms with van der Waals surface area (Å²) in [5.74, 6) is 1.64. The lowest BCUT2D eigenvalue weighted by Crippen LogP contribution is -2.00. The van der Waals surface area contributed by atoms with Gasteiger partial charge in [-0.05, 0) is 108 Å². The second-order valence-electron chi connectivity index (χ2n) is 12.7. The van der Waals surface area contributed by atoms with Gasteiger partial charge < -0.3 is 0 Å². The predicted octanol–water partition coefficient (Wildman–Crippen LogP) is 12.0. The van der Waals surface area contributed by atoms with Crippen LogP contribution in [0.2, 0.25) is 0 Å². The zero-order chi connectivity index (χ0) is 32.3. The molecule has 0 saturated carbocycles. The largest absolute Gasteiger partial charge is 0.275 e. The van der Waals surface area contributed by atoms with Crippen LogP contribution in [-0.4, -0.2) is 14.8 Å². The fourth-order valence-electron chi connectivity index (χ4n) is 7.59.